The molecule has 0 saturated carbocycles. The van der Waals surface area contributed by atoms with Crippen molar-refractivity contribution in [3.63, 3.8) is 0 Å². The van der Waals surface area contributed by atoms with Gasteiger partial charge in [0, 0.05) is 13.0 Å². The fraction of sp³-hybridized carbons (Fsp3) is 0.200. The van der Waals surface area contributed by atoms with Crippen molar-refractivity contribution in [3.05, 3.63) is 28.5 Å². The highest BCUT2D eigenvalue weighted by molar-refractivity contribution is 6.62. The summed E-state index contributed by atoms with van der Waals surface area (Å²) in [4.78, 5) is 20.0. The van der Waals surface area contributed by atoms with Crippen LogP contribution in [0, 0.1) is 5.82 Å². The van der Waals surface area contributed by atoms with E-state index in [4.69, 9.17) is 16.7 Å². The highest BCUT2D eigenvalue weighted by Gasteiger charge is 2.10. The van der Waals surface area contributed by atoms with Crippen LogP contribution in [0.4, 0.5) is 4.39 Å². The lowest BCUT2D eigenvalue weighted by Crippen LogP contribution is -1.93. The predicted molar refractivity (Wildman–Crippen MR) is 59.6 cm³/mol. The summed E-state index contributed by atoms with van der Waals surface area (Å²) in [6.07, 6.45) is 0. The van der Waals surface area contributed by atoms with E-state index < -0.39 is 5.82 Å². The summed E-state index contributed by atoms with van der Waals surface area (Å²) >= 11 is 10.0. The molecular weight excluding hydrogens is 258 g/mol. The van der Waals surface area contributed by atoms with Crippen LogP contribution in [0.25, 0.3) is 0 Å². The van der Waals surface area contributed by atoms with E-state index in [9.17, 15) is 14.0 Å². The minimum absolute atomic E-state index is 0.0291. The highest BCUT2D eigenvalue weighted by Crippen LogP contribution is 2.24. The minimum atomic E-state index is -0.737. The summed E-state index contributed by atoms with van der Waals surface area (Å²) in [6, 6.07) is 1.92. The Hall–Kier alpha value is -1.13. The first kappa shape index (κ1) is 14.9. The van der Waals surface area contributed by atoms with Gasteiger partial charge in [-0.2, -0.15) is 0 Å². The molecule has 0 atom stereocenters. The van der Waals surface area contributed by atoms with Gasteiger partial charge in [-0.05, 0) is 24.6 Å². The molecule has 88 valence electrons. The SMILES string of the molecule is CC(=O)Cl.CC(=O)c1cc(Cl)c(F)cc1O. The number of halogens is 3. The third kappa shape index (κ3) is 5.09. The van der Waals surface area contributed by atoms with Gasteiger partial charge >= 0.3 is 0 Å². The van der Waals surface area contributed by atoms with Crippen molar-refractivity contribution in [1.29, 1.82) is 0 Å². The van der Waals surface area contributed by atoms with Crippen LogP contribution in [0.1, 0.15) is 24.2 Å². The van der Waals surface area contributed by atoms with E-state index in [1.165, 1.54) is 13.8 Å². The van der Waals surface area contributed by atoms with Gasteiger partial charge in [0.1, 0.15) is 11.6 Å². The minimum Gasteiger partial charge on any atom is -0.507 e. The van der Waals surface area contributed by atoms with E-state index in [1.54, 1.807) is 0 Å². The molecule has 0 fully saturated rings. The van der Waals surface area contributed by atoms with Gasteiger partial charge in [0.15, 0.2) is 5.78 Å². The molecule has 0 aliphatic heterocycles. The third-order valence-corrected chi connectivity index (χ3v) is 1.71. The third-order valence-electron chi connectivity index (χ3n) is 1.42. The maximum Gasteiger partial charge on any atom is 0.218 e. The first-order chi connectivity index (χ1) is 7.25. The largest absolute Gasteiger partial charge is 0.507 e. The van der Waals surface area contributed by atoms with E-state index in [1.807, 2.05) is 0 Å². The van der Waals surface area contributed by atoms with Crippen molar-refractivity contribution in [1.82, 2.24) is 0 Å². The van der Waals surface area contributed by atoms with Crippen LogP contribution in [0.5, 0.6) is 5.75 Å². The number of rotatable bonds is 1. The number of hydrogen-bond acceptors (Lipinski definition) is 3. The molecule has 16 heavy (non-hydrogen) atoms. The van der Waals surface area contributed by atoms with Crippen molar-refractivity contribution in [2.45, 2.75) is 13.8 Å². The number of ketones is 1. The number of carbonyl (C=O) groups is 2. The van der Waals surface area contributed by atoms with Crippen LogP contribution >= 0.6 is 23.2 Å². The van der Waals surface area contributed by atoms with Crippen LogP contribution in [0.15, 0.2) is 12.1 Å². The van der Waals surface area contributed by atoms with Crippen LogP contribution in [0.2, 0.25) is 5.02 Å². The first-order valence-electron chi connectivity index (χ1n) is 4.10. The van der Waals surface area contributed by atoms with Crippen molar-refractivity contribution in [2.24, 2.45) is 0 Å². The Morgan fingerprint density at radius 3 is 2.12 bits per heavy atom. The standard InChI is InChI=1S/C8H6ClFO2.C2H3ClO/c1-4(11)5-2-6(9)7(10)3-8(5)12;1-2(3)4/h2-3,12H,1H3;1H3. The van der Waals surface area contributed by atoms with Gasteiger partial charge < -0.3 is 5.11 Å². The summed E-state index contributed by atoms with van der Waals surface area (Å²) in [5, 5.41) is 8.54. The van der Waals surface area contributed by atoms with E-state index in [0.717, 1.165) is 12.1 Å². The Morgan fingerprint density at radius 1 is 1.31 bits per heavy atom. The summed E-state index contributed by atoms with van der Waals surface area (Å²) in [7, 11) is 0. The van der Waals surface area contributed by atoms with Gasteiger partial charge in [-0.3, -0.25) is 9.59 Å². The van der Waals surface area contributed by atoms with Gasteiger partial charge in [0.05, 0.1) is 10.6 Å². The number of carbonyl (C=O) groups excluding carboxylic acids is 2. The van der Waals surface area contributed by atoms with Gasteiger partial charge in [-0.25, -0.2) is 4.39 Å². The zero-order valence-electron chi connectivity index (χ0n) is 8.55. The number of phenols is 1. The summed E-state index contributed by atoms with van der Waals surface area (Å²) in [6.45, 7) is 2.56. The number of benzene rings is 1. The zero-order chi connectivity index (χ0) is 12.9. The lowest BCUT2D eigenvalue weighted by Gasteiger charge is -2.01. The Morgan fingerprint density at radius 2 is 1.75 bits per heavy atom. The lowest BCUT2D eigenvalue weighted by molar-refractivity contribution is -0.109. The molecule has 0 spiro atoms. The number of aromatic hydroxyl groups is 1. The Labute approximate surface area is 102 Å². The van der Waals surface area contributed by atoms with E-state index >= 15 is 0 Å². The molecule has 0 saturated heterocycles. The van der Waals surface area contributed by atoms with Gasteiger partial charge in [-0.1, -0.05) is 11.6 Å². The van der Waals surface area contributed by atoms with E-state index in [0.29, 0.717) is 0 Å². The van der Waals surface area contributed by atoms with E-state index in [-0.39, 0.29) is 27.4 Å². The summed E-state index contributed by atoms with van der Waals surface area (Å²) in [5.74, 6) is -1.47. The van der Waals surface area contributed by atoms with Crippen molar-refractivity contribution in [2.75, 3.05) is 0 Å². The summed E-state index contributed by atoms with van der Waals surface area (Å²) in [5.41, 5.74) is 0.0291. The molecule has 6 heteroatoms. The topological polar surface area (TPSA) is 54.4 Å². The Bertz CT molecular complexity index is 415. The molecule has 3 nitrogen and oxygen atoms in total. The molecule has 0 bridgehead atoms. The monoisotopic (exact) mass is 266 g/mol. The maximum atomic E-state index is 12.6. The molecule has 0 aromatic heterocycles. The molecule has 0 aliphatic carbocycles. The van der Waals surface area contributed by atoms with Crippen LogP contribution in [0.3, 0.4) is 0 Å². The molecule has 1 rings (SSSR count). The second-order valence-corrected chi connectivity index (χ2v) is 3.75. The molecule has 0 amide bonds. The normalized spacial score (nSPS) is 9.06. The highest BCUT2D eigenvalue weighted by atomic mass is 35.5. The van der Waals surface area contributed by atoms with Gasteiger partial charge in [-0.15, -0.1) is 0 Å². The van der Waals surface area contributed by atoms with Crippen LogP contribution in [-0.4, -0.2) is 16.1 Å². The van der Waals surface area contributed by atoms with Crippen LogP contribution < -0.4 is 0 Å². The molecular formula is C10H9Cl2FO3. The fourth-order valence-corrected chi connectivity index (χ4v) is 0.982. The number of hydrogen-bond donors (Lipinski definition) is 1. The fourth-order valence-electron chi connectivity index (χ4n) is 0.818. The quantitative estimate of drug-likeness (QED) is 0.628. The van der Waals surface area contributed by atoms with Crippen molar-refractivity contribution in [3.8, 4) is 5.75 Å². The Kier molecular flexibility index (Phi) is 6.00. The molecule has 0 heterocycles. The van der Waals surface area contributed by atoms with Gasteiger partial charge in [0.2, 0.25) is 5.24 Å². The van der Waals surface area contributed by atoms with E-state index in [2.05, 4.69) is 11.6 Å². The molecule has 0 unspecified atom stereocenters. The maximum absolute atomic E-state index is 12.6. The van der Waals surface area contributed by atoms with Crippen LogP contribution in [-0.2, 0) is 4.79 Å². The second kappa shape index (κ2) is 6.45. The zero-order valence-corrected chi connectivity index (χ0v) is 10.1. The summed E-state index contributed by atoms with van der Waals surface area (Å²) < 4.78 is 12.6. The lowest BCUT2D eigenvalue weighted by atomic mass is 10.1. The second-order valence-electron chi connectivity index (χ2n) is 2.81. The average Bonchev–Trinajstić information content (AvgIpc) is 2.09. The molecule has 1 N–H and O–H groups in total. The molecule has 1 aromatic carbocycles. The van der Waals surface area contributed by atoms with Crippen molar-refractivity contribution >= 4 is 34.2 Å². The average molecular weight is 267 g/mol. The number of Topliss-reactive ketones (excluding diaryl/α,β-unsaturated/α-hetero) is 1. The number of phenolic OH excluding ortho intramolecular Hbond substituents is 1. The Balaban J connectivity index is 0.000000487. The van der Waals surface area contributed by atoms with Crippen molar-refractivity contribution < 1.29 is 19.1 Å². The molecule has 0 radical (unpaired) electrons. The smallest absolute Gasteiger partial charge is 0.218 e. The molecule has 1 aromatic rings. The van der Waals surface area contributed by atoms with Gasteiger partial charge in [0.25, 0.3) is 0 Å². The molecule has 0 aliphatic rings. The predicted octanol–water partition coefficient (Wildman–Crippen LogP) is 3.16. The first-order valence-corrected chi connectivity index (χ1v) is 4.86.